The monoisotopic (exact) mass is 404 g/mol. The molecule has 0 fully saturated rings. The molecule has 130 valence electrons. The van der Waals surface area contributed by atoms with Crippen LogP contribution in [-0.2, 0) is 4.74 Å². The van der Waals surface area contributed by atoms with Gasteiger partial charge < -0.3 is 16.2 Å². The number of carbonyl (C=O) groups is 1. The Labute approximate surface area is 153 Å². The first-order valence-electron chi connectivity index (χ1n) is 7.23. The highest BCUT2D eigenvalue weighted by molar-refractivity contribution is 9.10. The van der Waals surface area contributed by atoms with E-state index in [9.17, 15) is 10.1 Å². The molecule has 2 rings (SSSR count). The molecule has 0 aliphatic carbocycles. The maximum atomic E-state index is 12.1. The number of benzene rings is 1. The Balaban J connectivity index is 2.55. The molecule has 2 aromatic rings. The van der Waals surface area contributed by atoms with Crippen LogP contribution < -0.4 is 16.8 Å². The topological polar surface area (TPSA) is 140 Å². The molecule has 1 aromatic heterocycles. The van der Waals surface area contributed by atoms with Crippen molar-refractivity contribution in [2.24, 2.45) is 0 Å². The second-order valence-electron chi connectivity index (χ2n) is 6.12. The van der Waals surface area contributed by atoms with Crippen LogP contribution in [0.3, 0.4) is 0 Å². The number of nitriles is 1. The summed E-state index contributed by atoms with van der Waals surface area (Å²) in [6.45, 7) is 5.28. The lowest BCUT2D eigenvalue weighted by atomic mass is 10.0. The van der Waals surface area contributed by atoms with Crippen LogP contribution in [0.25, 0.3) is 11.3 Å². The minimum absolute atomic E-state index is 0.0341. The third-order valence-electron chi connectivity index (χ3n) is 2.94. The number of nitrogens with zero attached hydrogens (tertiary/aromatic N) is 3. The third kappa shape index (κ3) is 4.58. The normalized spacial score (nSPS) is 10.8. The predicted molar refractivity (Wildman–Crippen MR) is 98.6 cm³/mol. The molecule has 0 radical (unpaired) electrons. The molecule has 0 aliphatic heterocycles. The molecule has 0 spiro atoms. The average Bonchev–Trinajstić information content (AvgIpc) is 2.46. The fourth-order valence-electron chi connectivity index (χ4n) is 2.04. The lowest BCUT2D eigenvalue weighted by Gasteiger charge is -2.20. The van der Waals surface area contributed by atoms with E-state index in [0.29, 0.717) is 11.3 Å². The van der Waals surface area contributed by atoms with Crippen molar-refractivity contribution in [3.8, 4) is 17.3 Å². The fraction of sp³-hybridized carbons (Fsp3) is 0.250. The second kappa shape index (κ2) is 6.94. The van der Waals surface area contributed by atoms with Crippen LogP contribution in [0.1, 0.15) is 26.3 Å². The molecule has 0 saturated heterocycles. The van der Waals surface area contributed by atoms with Crippen LogP contribution in [0.4, 0.5) is 22.2 Å². The molecule has 9 heteroatoms. The van der Waals surface area contributed by atoms with Crippen LogP contribution in [0.2, 0.25) is 0 Å². The number of ether oxygens (including phenoxy) is 1. The Bertz CT molecular complexity index is 870. The highest BCUT2D eigenvalue weighted by Crippen LogP contribution is 2.34. The molecule has 0 bridgehead atoms. The van der Waals surface area contributed by atoms with Crippen LogP contribution >= 0.6 is 15.9 Å². The lowest BCUT2D eigenvalue weighted by Crippen LogP contribution is -2.27. The van der Waals surface area contributed by atoms with Gasteiger partial charge in [-0.3, -0.25) is 5.32 Å². The number of rotatable bonds is 2. The van der Waals surface area contributed by atoms with Crippen molar-refractivity contribution < 1.29 is 9.53 Å². The highest BCUT2D eigenvalue weighted by Gasteiger charge is 2.20. The van der Waals surface area contributed by atoms with Gasteiger partial charge in [0.2, 0.25) is 5.95 Å². The Morgan fingerprint density at radius 3 is 2.60 bits per heavy atom. The highest BCUT2D eigenvalue weighted by atomic mass is 79.9. The Hall–Kier alpha value is -2.86. The second-order valence-corrected chi connectivity index (χ2v) is 7.03. The zero-order chi connectivity index (χ0) is 18.8. The van der Waals surface area contributed by atoms with E-state index in [1.165, 1.54) is 0 Å². The van der Waals surface area contributed by atoms with Crippen LogP contribution in [0.5, 0.6) is 0 Å². The number of amides is 1. The standard InChI is InChI=1S/C16H17BrN6O2/c1-16(2,3)25-15(24)21-11-5-4-8(17)6-9(11)12-10(7-18)13(19)23-14(20)22-12/h4-6H,1-3H3,(H,21,24)(H4,19,20,22,23). The zero-order valence-corrected chi connectivity index (χ0v) is 15.5. The van der Waals surface area contributed by atoms with Crippen molar-refractivity contribution in [3.05, 3.63) is 28.2 Å². The lowest BCUT2D eigenvalue weighted by molar-refractivity contribution is 0.0636. The number of nitrogens with two attached hydrogens (primary N) is 2. The molecule has 5 N–H and O–H groups in total. The largest absolute Gasteiger partial charge is 0.444 e. The van der Waals surface area contributed by atoms with Crippen molar-refractivity contribution in [3.63, 3.8) is 0 Å². The van der Waals surface area contributed by atoms with Crippen molar-refractivity contribution in [2.75, 3.05) is 16.8 Å². The van der Waals surface area contributed by atoms with E-state index in [1.54, 1.807) is 39.0 Å². The predicted octanol–water partition coefficient (Wildman–Crippen LogP) is 3.29. The number of nitrogen functional groups attached to an aromatic ring is 2. The molecular formula is C16H17BrN6O2. The van der Waals surface area contributed by atoms with E-state index < -0.39 is 11.7 Å². The first-order valence-corrected chi connectivity index (χ1v) is 8.03. The molecule has 0 saturated carbocycles. The molecular weight excluding hydrogens is 388 g/mol. The SMILES string of the molecule is CC(C)(C)OC(=O)Nc1ccc(Br)cc1-c1nc(N)nc(N)c1C#N. The summed E-state index contributed by atoms with van der Waals surface area (Å²) < 4.78 is 5.98. The zero-order valence-electron chi connectivity index (χ0n) is 13.9. The van der Waals surface area contributed by atoms with Gasteiger partial charge in [0.1, 0.15) is 23.1 Å². The average molecular weight is 405 g/mol. The van der Waals surface area contributed by atoms with E-state index in [1.807, 2.05) is 6.07 Å². The number of hydrogen-bond acceptors (Lipinski definition) is 7. The molecule has 8 nitrogen and oxygen atoms in total. The van der Waals surface area contributed by atoms with Crippen molar-refractivity contribution >= 4 is 39.5 Å². The van der Waals surface area contributed by atoms with Crippen molar-refractivity contribution in [1.29, 1.82) is 5.26 Å². The van der Waals surface area contributed by atoms with Gasteiger partial charge >= 0.3 is 6.09 Å². The molecule has 1 heterocycles. The van der Waals surface area contributed by atoms with Gasteiger partial charge in [-0.2, -0.15) is 10.2 Å². The van der Waals surface area contributed by atoms with Crippen molar-refractivity contribution in [2.45, 2.75) is 26.4 Å². The summed E-state index contributed by atoms with van der Waals surface area (Å²) in [5, 5.41) is 12.0. The molecule has 0 unspecified atom stereocenters. The van der Waals surface area contributed by atoms with Gasteiger partial charge in [0, 0.05) is 10.0 Å². The Kier molecular flexibility index (Phi) is 5.13. The van der Waals surface area contributed by atoms with Crippen molar-refractivity contribution in [1.82, 2.24) is 9.97 Å². The first kappa shape index (κ1) is 18.5. The van der Waals surface area contributed by atoms with E-state index in [-0.39, 0.29) is 23.0 Å². The number of carbonyl (C=O) groups excluding carboxylic acids is 1. The first-order chi connectivity index (χ1) is 11.6. The molecule has 0 atom stereocenters. The maximum Gasteiger partial charge on any atom is 0.412 e. The Morgan fingerprint density at radius 2 is 2.00 bits per heavy atom. The Morgan fingerprint density at radius 1 is 1.32 bits per heavy atom. The summed E-state index contributed by atoms with van der Waals surface area (Å²) in [6.07, 6.45) is -0.635. The minimum atomic E-state index is -0.652. The van der Waals surface area contributed by atoms with Gasteiger partial charge in [0.25, 0.3) is 0 Å². The summed E-state index contributed by atoms with van der Waals surface area (Å²) in [4.78, 5) is 20.0. The third-order valence-corrected chi connectivity index (χ3v) is 3.43. The molecule has 0 aliphatic rings. The summed E-state index contributed by atoms with van der Waals surface area (Å²) in [6, 6.07) is 7.04. The van der Waals surface area contributed by atoms with Gasteiger partial charge in [0.05, 0.1) is 11.4 Å². The van der Waals surface area contributed by atoms with E-state index in [0.717, 1.165) is 4.47 Å². The quantitative estimate of drug-likeness (QED) is 0.696. The van der Waals surface area contributed by atoms with E-state index in [2.05, 4.69) is 31.2 Å². The molecule has 1 amide bonds. The maximum absolute atomic E-state index is 12.1. The summed E-state index contributed by atoms with van der Waals surface area (Å²) >= 11 is 3.36. The van der Waals surface area contributed by atoms with E-state index in [4.69, 9.17) is 16.2 Å². The summed E-state index contributed by atoms with van der Waals surface area (Å²) in [5.41, 5.74) is 11.9. The smallest absolute Gasteiger partial charge is 0.412 e. The molecule has 1 aromatic carbocycles. The minimum Gasteiger partial charge on any atom is -0.444 e. The molecule has 25 heavy (non-hydrogen) atoms. The summed E-state index contributed by atoms with van der Waals surface area (Å²) in [7, 11) is 0. The number of nitrogens with one attached hydrogen (secondary N) is 1. The van der Waals surface area contributed by atoms with Gasteiger partial charge in [0.15, 0.2) is 0 Å². The van der Waals surface area contributed by atoms with Crippen LogP contribution in [0, 0.1) is 11.3 Å². The van der Waals surface area contributed by atoms with Gasteiger partial charge in [-0.15, -0.1) is 0 Å². The van der Waals surface area contributed by atoms with Gasteiger partial charge in [-0.1, -0.05) is 15.9 Å². The number of halogens is 1. The van der Waals surface area contributed by atoms with E-state index >= 15 is 0 Å². The number of anilines is 3. The van der Waals surface area contributed by atoms with Crippen LogP contribution in [0.15, 0.2) is 22.7 Å². The summed E-state index contributed by atoms with van der Waals surface area (Å²) in [5.74, 6) is -0.108. The fourth-order valence-corrected chi connectivity index (χ4v) is 2.40. The number of hydrogen-bond donors (Lipinski definition) is 3. The number of aromatic nitrogens is 2. The van der Waals surface area contributed by atoms with Gasteiger partial charge in [-0.05, 0) is 39.0 Å². The van der Waals surface area contributed by atoms with Crippen LogP contribution in [-0.4, -0.2) is 21.7 Å². The van der Waals surface area contributed by atoms with Gasteiger partial charge in [-0.25, -0.2) is 9.78 Å².